The van der Waals surface area contributed by atoms with Crippen molar-refractivity contribution in [2.75, 3.05) is 13.7 Å². The molecular weight excluding hydrogens is 286 g/mol. The maximum absolute atomic E-state index is 6.25. The van der Waals surface area contributed by atoms with Crippen molar-refractivity contribution in [2.24, 2.45) is 0 Å². The molecule has 0 saturated carbocycles. The van der Waals surface area contributed by atoms with Gasteiger partial charge in [-0.05, 0) is 37.2 Å². The smallest absolute Gasteiger partial charge is 0.161 e. The highest BCUT2D eigenvalue weighted by atomic mass is 35.5. The van der Waals surface area contributed by atoms with Gasteiger partial charge >= 0.3 is 0 Å². The zero-order valence-electron chi connectivity index (χ0n) is 11.9. The molecule has 0 radical (unpaired) electrons. The molecule has 2 aromatic rings. The largest absolute Gasteiger partial charge is 0.486 e. The van der Waals surface area contributed by atoms with E-state index in [1.165, 1.54) is 0 Å². The number of halogens is 1. The quantitative estimate of drug-likeness (QED) is 0.940. The fourth-order valence-corrected chi connectivity index (χ4v) is 2.77. The zero-order chi connectivity index (χ0) is 14.7. The van der Waals surface area contributed by atoms with E-state index >= 15 is 0 Å². The van der Waals surface area contributed by atoms with Crippen molar-refractivity contribution in [3.8, 4) is 11.5 Å². The first kappa shape index (κ1) is 14.2. The fourth-order valence-electron chi connectivity index (χ4n) is 2.55. The van der Waals surface area contributed by atoms with Crippen LogP contribution in [-0.4, -0.2) is 25.8 Å². The van der Waals surface area contributed by atoms with Crippen molar-refractivity contribution >= 4 is 11.6 Å². The van der Waals surface area contributed by atoms with Gasteiger partial charge in [-0.25, -0.2) is 0 Å². The Kier molecular flexibility index (Phi) is 4.32. The van der Waals surface area contributed by atoms with E-state index in [1.807, 2.05) is 55.6 Å². The Labute approximate surface area is 129 Å². The van der Waals surface area contributed by atoms with E-state index in [4.69, 9.17) is 21.1 Å². The van der Waals surface area contributed by atoms with E-state index in [-0.39, 0.29) is 12.1 Å². The molecule has 0 aliphatic carbocycles. The molecule has 1 heterocycles. The van der Waals surface area contributed by atoms with Crippen molar-refractivity contribution in [3.05, 3.63) is 59.1 Å². The Morgan fingerprint density at radius 2 is 1.86 bits per heavy atom. The topological polar surface area (TPSA) is 30.5 Å². The average molecular weight is 304 g/mol. The number of fused-ring (bicyclic) bond motifs is 1. The van der Waals surface area contributed by atoms with Crippen LogP contribution in [0.25, 0.3) is 0 Å². The first-order valence-corrected chi connectivity index (χ1v) is 7.45. The predicted octanol–water partition coefficient (Wildman–Crippen LogP) is 3.31. The van der Waals surface area contributed by atoms with E-state index in [9.17, 15) is 0 Å². The van der Waals surface area contributed by atoms with E-state index in [0.717, 1.165) is 28.5 Å². The summed E-state index contributed by atoms with van der Waals surface area (Å²) in [6.07, 6.45) is 0.757. The fraction of sp³-hybridized carbons (Fsp3) is 0.294. The third-order valence-corrected chi connectivity index (χ3v) is 4.12. The number of hydrogen-bond donors (Lipinski definition) is 1. The molecule has 21 heavy (non-hydrogen) atoms. The third kappa shape index (κ3) is 3.14. The maximum Gasteiger partial charge on any atom is 0.161 e. The molecule has 0 amide bonds. The summed E-state index contributed by atoms with van der Waals surface area (Å²) in [5.74, 6) is 1.61. The Hall–Kier alpha value is -1.71. The second-order valence-corrected chi connectivity index (χ2v) is 5.51. The van der Waals surface area contributed by atoms with Gasteiger partial charge in [0, 0.05) is 5.02 Å². The van der Waals surface area contributed by atoms with Gasteiger partial charge < -0.3 is 14.8 Å². The predicted molar refractivity (Wildman–Crippen MR) is 84.4 cm³/mol. The second kappa shape index (κ2) is 6.37. The van der Waals surface area contributed by atoms with Crippen LogP contribution in [0.15, 0.2) is 48.5 Å². The van der Waals surface area contributed by atoms with Crippen molar-refractivity contribution in [3.63, 3.8) is 0 Å². The average Bonchev–Trinajstić information content (AvgIpc) is 2.54. The van der Waals surface area contributed by atoms with Crippen molar-refractivity contribution in [1.29, 1.82) is 0 Å². The van der Waals surface area contributed by atoms with Gasteiger partial charge in [0.2, 0.25) is 0 Å². The Morgan fingerprint density at radius 3 is 2.62 bits per heavy atom. The van der Waals surface area contributed by atoms with Crippen molar-refractivity contribution in [1.82, 2.24) is 5.32 Å². The molecule has 0 spiro atoms. The van der Waals surface area contributed by atoms with Gasteiger partial charge in [0.05, 0.1) is 6.04 Å². The minimum atomic E-state index is -0.0406. The summed E-state index contributed by atoms with van der Waals surface area (Å²) in [4.78, 5) is 0. The first-order valence-electron chi connectivity index (χ1n) is 7.07. The molecule has 3 rings (SSSR count). The van der Waals surface area contributed by atoms with Crippen LogP contribution in [0.1, 0.15) is 5.56 Å². The van der Waals surface area contributed by atoms with E-state index < -0.39 is 0 Å². The van der Waals surface area contributed by atoms with Gasteiger partial charge in [0.1, 0.15) is 12.7 Å². The number of hydrogen-bond acceptors (Lipinski definition) is 3. The maximum atomic E-state index is 6.25. The number of para-hydroxylation sites is 2. The van der Waals surface area contributed by atoms with Crippen LogP contribution in [0.5, 0.6) is 11.5 Å². The molecular formula is C17H18ClNO2. The molecule has 0 aromatic heterocycles. The van der Waals surface area contributed by atoms with Gasteiger partial charge in [-0.3, -0.25) is 0 Å². The standard InChI is InChI=1S/C17H18ClNO2/c1-19-14(10-12-6-2-3-7-13(12)18)17-11-20-15-8-4-5-9-16(15)21-17/h2-9,14,17,19H,10-11H2,1H3. The highest BCUT2D eigenvalue weighted by molar-refractivity contribution is 6.31. The molecule has 0 saturated heterocycles. The first-order chi connectivity index (χ1) is 10.3. The molecule has 2 aromatic carbocycles. The highest BCUT2D eigenvalue weighted by Crippen LogP contribution is 2.32. The molecule has 4 heteroatoms. The lowest BCUT2D eigenvalue weighted by Crippen LogP contribution is -2.47. The zero-order valence-corrected chi connectivity index (χ0v) is 12.6. The molecule has 2 unspecified atom stereocenters. The number of likely N-dealkylation sites (N-methyl/N-ethyl adjacent to an activating group) is 1. The molecule has 1 aliphatic heterocycles. The summed E-state index contributed by atoms with van der Waals surface area (Å²) in [6, 6.07) is 15.8. The van der Waals surface area contributed by atoms with Crippen LogP contribution in [0.4, 0.5) is 0 Å². The summed E-state index contributed by atoms with van der Waals surface area (Å²) in [5.41, 5.74) is 1.11. The normalized spacial score (nSPS) is 18.3. The van der Waals surface area contributed by atoms with Gasteiger partial charge in [-0.1, -0.05) is 41.9 Å². The summed E-state index contributed by atoms with van der Waals surface area (Å²) in [6.45, 7) is 0.535. The van der Waals surface area contributed by atoms with E-state index in [1.54, 1.807) is 0 Å². The van der Waals surface area contributed by atoms with Crippen molar-refractivity contribution < 1.29 is 9.47 Å². The summed E-state index contributed by atoms with van der Waals surface area (Å²) in [7, 11) is 1.94. The number of rotatable bonds is 4. The molecule has 3 nitrogen and oxygen atoms in total. The molecule has 2 atom stereocenters. The van der Waals surface area contributed by atoms with Crippen molar-refractivity contribution in [2.45, 2.75) is 18.6 Å². The minimum absolute atomic E-state index is 0.0406. The second-order valence-electron chi connectivity index (χ2n) is 5.10. The van der Waals surface area contributed by atoms with Crippen LogP contribution < -0.4 is 14.8 Å². The molecule has 1 N–H and O–H groups in total. The summed E-state index contributed by atoms with van der Waals surface area (Å²) in [5, 5.41) is 4.10. The molecule has 1 aliphatic rings. The Balaban J connectivity index is 1.74. The lowest BCUT2D eigenvalue weighted by molar-refractivity contribution is 0.0641. The highest BCUT2D eigenvalue weighted by Gasteiger charge is 2.28. The van der Waals surface area contributed by atoms with Crippen LogP contribution in [0.2, 0.25) is 5.02 Å². The number of ether oxygens (including phenoxy) is 2. The van der Waals surface area contributed by atoms with E-state index in [0.29, 0.717) is 6.61 Å². The minimum Gasteiger partial charge on any atom is -0.486 e. The Morgan fingerprint density at radius 1 is 1.14 bits per heavy atom. The van der Waals surface area contributed by atoms with Crippen LogP contribution >= 0.6 is 11.6 Å². The lowest BCUT2D eigenvalue weighted by Gasteiger charge is -2.32. The van der Waals surface area contributed by atoms with Gasteiger partial charge in [0.15, 0.2) is 11.5 Å². The van der Waals surface area contributed by atoms with Gasteiger partial charge in [-0.2, -0.15) is 0 Å². The molecule has 0 fully saturated rings. The third-order valence-electron chi connectivity index (χ3n) is 3.75. The summed E-state index contributed by atoms with van der Waals surface area (Å²) >= 11 is 6.25. The van der Waals surface area contributed by atoms with Crippen LogP contribution in [0, 0.1) is 0 Å². The number of benzene rings is 2. The van der Waals surface area contributed by atoms with Gasteiger partial charge in [0.25, 0.3) is 0 Å². The van der Waals surface area contributed by atoms with Crippen LogP contribution in [-0.2, 0) is 6.42 Å². The molecule has 0 bridgehead atoms. The number of nitrogens with one attached hydrogen (secondary N) is 1. The lowest BCUT2D eigenvalue weighted by atomic mass is 10.0. The SMILES string of the molecule is CNC(Cc1ccccc1Cl)C1COc2ccccc2O1. The monoisotopic (exact) mass is 303 g/mol. The van der Waals surface area contributed by atoms with Gasteiger partial charge in [-0.15, -0.1) is 0 Å². The molecule has 110 valence electrons. The Bertz CT molecular complexity index is 617. The van der Waals surface area contributed by atoms with Crippen LogP contribution in [0.3, 0.4) is 0 Å². The van der Waals surface area contributed by atoms with E-state index in [2.05, 4.69) is 5.32 Å². The summed E-state index contributed by atoms with van der Waals surface area (Å²) < 4.78 is 11.9.